The molecule has 0 aromatic carbocycles. The Morgan fingerprint density at radius 2 is 2.23 bits per heavy atom. The van der Waals surface area contributed by atoms with Gasteiger partial charge in [-0.2, -0.15) is 0 Å². The number of carbonyl (C=O) groups is 1. The molecule has 2 aromatic rings. The number of nitrogens with zero attached hydrogens (tertiary/aromatic N) is 1. The van der Waals surface area contributed by atoms with Crippen molar-refractivity contribution in [1.29, 1.82) is 0 Å². The molecule has 0 radical (unpaired) electrons. The molecule has 0 unspecified atom stereocenters. The first-order valence-corrected chi connectivity index (χ1v) is 7.59. The molecule has 0 spiro atoms. The SMILES string of the molecule is Cl.Cl.O=C(N[C@@H]1C[C@H]2CC[C@@H]1N2)c1cc2c(Br)coc2cn1. The van der Waals surface area contributed by atoms with Gasteiger partial charge in [-0.15, -0.1) is 24.8 Å². The van der Waals surface area contributed by atoms with Crippen LogP contribution in [-0.2, 0) is 0 Å². The van der Waals surface area contributed by atoms with Crippen molar-refractivity contribution in [3.63, 3.8) is 0 Å². The number of hydrogen-bond donors (Lipinski definition) is 2. The fourth-order valence-corrected chi connectivity index (χ4v) is 3.66. The molecule has 22 heavy (non-hydrogen) atoms. The first-order valence-electron chi connectivity index (χ1n) is 6.80. The molecule has 4 heterocycles. The molecule has 2 aromatic heterocycles. The van der Waals surface area contributed by atoms with E-state index >= 15 is 0 Å². The number of rotatable bonds is 2. The quantitative estimate of drug-likeness (QED) is 0.801. The minimum atomic E-state index is -0.112. The van der Waals surface area contributed by atoms with E-state index in [0.29, 0.717) is 23.4 Å². The molecule has 4 rings (SSSR count). The van der Waals surface area contributed by atoms with E-state index in [9.17, 15) is 4.79 Å². The van der Waals surface area contributed by atoms with Crippen molar-refractivity contribution in [2.45, 2.75) is 37.4 Å². The second-order valence-electron chi connectivity index (χ2n) is 5.51. The summed E-state index contributed by atoms with van der Waals surface area (Å²) < 4.78 is 6.14. The van der Waals surface area contributed by atoms with Crippen molar-refractivity contribution in [3.05, 3.63) is 28.7 Å². The third-order valence-corrected chi connectivity index (χ3v) is 4.88. The fraction of sp³-hybridized carbons (Fsp3) is 0.429. The molecule has 2 saturated heterocycles. The summed E-state index contributed by atoms with van der Waals surface area (Å²) in [6.45, 7) is 0. The Morgan fingerprint density at radius 3 is 2.91 bits per heavy atom. The highest BCUT2D eigenvalue weighted by Gasteiger charge is 2.39. The zero-order valence-corrected chi connectivity index (χ0v) is 14.8. The number of furan rings is 1. The molecule has 0 aliphatic carbocycles. The average Bonchev–Trinajstić information content (AvgIpc) is 3.15. The molecule has 2 bridgehead atoms. The number of halogens is 3. The molecule has 120 valence electrons. The maximum absolute atomic E-state index is 12.3. The van der Waals surface area contributed by atoms with Crippen LogP contribution in [0.3, 0.4) is 0 Å². The summed E-state index contributed by atoms with van der Waals surface area (Å²) in [5.41, 5.74) is 1.11. The zero-order valence-electron chi connectivity index (χ0n) is 11.5. The van der Waals surface area contributed by atoms with Crippen LogP contribution in [0.1, 0.15) is 29.8 Å². The molecule has 0 saturated carbocycles. The predicted molar refractivity (Wildman–Crippen MR) is 92.0 cm³/mol. The number of fused-ring (bicyclic) bond motifs is 3. The van der Waals surface area contributed by atoms with Gasteiger partial charge in [0.15, 0.2) is 5.58 Å². The van der Waals surface area contributed by atoms with E-state index in [-0.39, 0.29) is 36.8 Å². The topological polar surface area (TPSA) is 67.2 Å². The summed E-state index contributed by atoms with van der Waals surface area (Å²) in [7, 11) is 0. The van der Waals surface area contributed by atoms with Crippen molar-refractivity contribution in [3.8, 4) is 0 Å². The molecule has 1 amide bonds. The summed E-state index contributed by atoms with van der Waals surface area (Å²) in [5, 5.41) is 7.48. The van der Waals surface area contributed by atoms with Crippen LogP contribution in [0.4, 0.5) is 0 Å². The molecular weight excluding hydrogens is 393 g/mol. The van der Waals surface area contributed by atoms with Crippen molar-refractivity contribution < 1.29 is 9.21 Å². The number of hydrogen-bond acceptors (Lipinski definition) is 4. The van der Waals surface area contributed by atoms with E-state index in [1.54, 1.807) is 18.5 Å². The second-order valence-corrected chi connectivity index (χ2v) is 6.37. The highest BCUT2D eigenvalue weighted by Crippen LogP contribution is 2.29. The van der Waals surface area contributed by atoms with Crippen LogP contribution in [0.2, 0.25) is 0 Å². The van der Waals surface area contributed by atoms with Gasteiger partial charge < -0.3 is 15.1 Å². The summed E-state index contributed by atoms with van der Waals surface area (Å²) in [5.74, 6) is -0.112. The Kier molecular flexibility index (Phi) is 5.37. The van der Waals surface area contributed by atoms with Crippen LogP contribution < -0.4 is 10.6 Å². The summed E-state index contributed by atoms with van der Waals surface area (Å²) in [6, 6.07) is 2.99. The molecule has 2 N–H and O–H groups in total. The van der Waals surface area contributed by atoms with Gasteiger partial charge in [-0.05, 0) is 41.3 Å². The predicted octanol–water partition coefficient (Wildman–Crippen LogP) is 3.06. The van der Waals surface area contributed by atoms with E-state index in [1.807, 2.05) is 0 Å². The van der Waals surface area contributed by atoms with Crippen LogP contribution in [0.25, 0.3) is 11.0 Å². The van der Waals surface area contributed by atoms with Crippen molar-refractivity contribution in [1.82, 2.24) is 15.6 Å². The number of amides is 1. The lowest BCUT2D eigenvalue weighted by molar-refractivity contribution is 0.0926. The van der Waals surface area contributed by atoms with Gasteiger partial charge in [0.05, 0.1) is 10.7 Å². The molecule has 2 aliphatic rings. The van der Waals surface area contributed by atoms with Crippen molar-refractivity contribution in [2.24, 2.45) is 0 Å². The van der Waals surface area contributed by atoms with E-state index in [4.69, 9.17) is 4.42 Å². The minimum Gasteiger partial charge on any atom is -0.461 e. The van der Waals surface area contributed by atoms with Crippen LogP contribution in [-0.4, -0.2) is 29.0 Å². The molecular formula is C14H16BrCl2N3O2. The number of aromatic nitrogens is 1. The van der Waals surface area contributed by atoms with E-state index < -0.39 is 0 Å². The fourth-order valence-electron chi connectivity index (χ4n) is 3.25. The van der Waals surface area contributed by atoms with Gasteiger partial charge in [0.1, 0.15) is 12.0 Å². The highest BCUT2D eigenvalue weighted by molar-refractivity contribution is 9.10. The van der Waals surface area contributed by atoms with E-state index in [1.165, 1.54) is 6.42 Å². The van der Waals surface area contributed by atoms with Crippen LogP contribution >= 0.6 is 40.7 Å². The van der Waals surface area contributed by atoms with Gasteiger partial charge in [0.2, 0.25) is 0 Å². The lowest BCUT2D eigenvalue weighted by Gasteiger charge is -2.21. The molecule has 8 heteroatoms. The Hall–Kier alpha value is -0.820. The molecule has 5 nitrogen and oxygen atoms in total. The van der Waals surface area contributed by atoms with E-state index in [0.717, 1.165) is 22.7 Å². The normalized spacial score (nSPS) is 25.6. The Labute approximate surface area is 148 Å². The first kappa shape index (κ1) is 17.5. The summed E-state index contributed by atoms with van der Waals surface area (Å²) >= 11 is 3.40. The van der Waals surface area contributed by atoms with Gasteiger partial charge in [0, 0.05) is 23.5 Å². The van der Waals surface area contributed by atoms with Crippen LogP contribution in [0, 0.1) is 0 Å². The Balaban J connectivity index is 0.000000882. The lowest BCUT2D eigenvalue weighted by Crippen LogP contribution is -2.43. The third kappa shape index (κ3) is 2.97. The van der Waals surface area contributed by atoms with E-state index in [2.05, 4.69) is 31.5 Å². The second kappa shape index (κ2) is 6.74. The maximum Gasteiger partial charge on any atom is 0.270 e. The van der Waals surface area contributed by atoms with Gasteiger partial charge >= 0.3 is 0 Å². The van der Waals surface area contributed by atoms with Gasteiger partial charge in [-0.3, -0.25) is 4.79 Å². The average molecular weight is 409 g/mol. The largest absolute Gasteiger partial charge is 0.461 e. The van der Waals surface area contributed by atoms with Crippen molar-refractivity contribution >= 4 is 57.6 Å². The molecule has 3 atom stereocenters. The molecule has 2 aliphatic heterocycles. The molecule has 2 fully saturated rings. The summed E-state index contributed by atoms with van der Waals surface area (Å²) in [4.78, 5) is 16.5. The van der Waals surface area contributed by atoms with Gasteiger partial charge in [-0.1, -0.05) is 0 Å². The van der Waals surface area contributed by atoms with Gasteiger partial charge in [0.25, 0.3) is 5.91 Å². The summed E-state index contributed by atoms with van der Waals surface area (Å²) in [6.07, 6.45) is 6.59. The smallest absolute Gasteiger partial charge is 0.270 e. The Bertz CT molecular complexity index is 694. The number of pyridine rings is 1. The van der Waals surface area contributed by atoms with Crippen LogP contribution in [0.5, 0.6) is 0 Å². The standard InChI is InChI=1S/C14H14BrN3O2.2ClH/c15-9-6-20-13-5-16-12(4-8(9)13)14(19)18-11-3-7-1-2-10(11)17-7;;/h4-7,10-11,17H,1-3H2,(H,18,19);2*1H/t7-,10+,11-;;/m1../s1. The monoisotopic (exact) mass is 407 g/mol. The minimum absolute atomic E-state index is 0. The first-order chi connectivity index (χ1) is 9.70. The Morgan fingerprint density at radius 1 is 1.41 bits per heavy atom. The zero-order chi connectivity index (χ0) is 13.7. The number of carbonyl (C=O) groups excluding carboxylic acids is 1. The maximum atomic E-state index is 12.3. The lowest BCUT2D eigenvalue weighted by atomic mass is 9.95. The van der Waals surface area contributed by atoms with Crippen LogP contribution in [0.15, 0.2) is 27.4 Å². The third-order valence-electron chi connectivity index (χ3n) is 4.26. The highest BCUT2D eigenvalue weighted by atomic mass is 79.9. The van der Waals surface area contributed by atoms with Gasteiger partial charge in [-0.25, -0.2) is 4.98 Å². The van der Waals surface area contributed by atoms with Crippen molar-refractivity contribution in [2.75, 3.05) is 0 Å². The number of nitrogens with one attached hydrogen (secondary N) is 2.